The zero-order valence-electron chi connectivity index (χ0n) is 18.8. The Kier molecular flexibility index (Phi) is 6.35. The van der Waals surface area contributed by atoms with Crippen molar-refractivity contribution in [2.45, 2.75) is 70.4 Å². The van der Waals surface area contributed by atoms with E-state index in [0.717, 1.165) is 55.5 Å². The van der Waals surface area contributed by atoms with E-state index in [4.69, 9.17) is 4.98 Å². The number of aromatic amines is 1. The van der Waals surface area contributed by atoms with Crippen molar-refractivity contribution in [3.63, 3.8) is 0 Å². The first-order valence-corrected chi connectivity index (χ1v) is 12.2. The fourth-order valence-electron chi connectivity index (χ4n) is 5.59. The molecule has 0 radical (unpaired) electrons. The summed E-state index contributed by atoms with van der Waals surface area (Å²) in [5.74, 6) is 1.88. The fraction of sp³-hybridized carbons (Fsp3) is 0.600. The number of carbonyl (C=O) groups is 1. The van der Waals surface area contributed by atoms with Gasteiger partial charge in [0.05, 0.1) is 5.69 Å². The number of pyridine rings is 1. The molecule has 4 heterocycles. The zero-order valence-corrected chi connectivity index (χ0v) is 18.8. The summed E-state index contributed by atoms with van der Waals surface area (Å²) < 4.78 is 0. The maximum Gasteiger partial charge on any atom is 0.254 e. The molecular weight excluding hydrogens is 402 g/mol. The molecule has 1 amide bonds. The number of likely N-dealkylation sites (tertiary alicyclic amines) is 1. The van der Waals surface area contributed by atoms with Crippen molar-refractivity contribution in [2.75, 3.05) is 19.6 Å². The Bertz CT molecular complexity index is 999. The first kappa shape index (κ1) is 21.3. The van der Waals surface area contributed by atoms with Gasteiger partial charge in [-0.25, -0.2) is 4.98 Å². The number of aromatic nitrogens is 3. The Morgan fingerprint density at radius 1 is 1.19 bits per heavy atom. The van der Waals surface area contributed by atoms with Crippen LogP contribution in [0, 0.1) is 5.92 Å². The van der Waals surface area contributed by atoms with Gasteiger partial charge in [-0.15, -0.1) is 0 Å². The van der Waals surface area contributed by atoms with E-state index in [2.05, 4.69) is 20.9 Å². The molecule has 7 nitrogen and oxygen atoms in total. The molecule has 0 bridgehead atoms. The minimum Gasteiger partial charge on any atom is -0.342 e. The molecule has 0 unspecified atom stereocenters. The van der Waals surface area contributed by atoms with E-state index in [9.17, 15) is 9.59 Å². The molecule has 0 spiro atoms. The first-order valence-electron chi connectivity index (χ1n) is 12.2. The average Bonchev–Trinajstić information content (AvgIpc) is 3.50. The highest BCUT2D eigenvalue weighted by Crippen LogP contribution is 2.30. The third-order valence-corrected chi connectivity index (χ3v) is 7.47. The standard InChI is InChI=1S/C25H33N5O2/c31-23(8-7-18-4-1-2-5-18)30-13-9-20(16-30)24-27-22-17-29(12-10-21(22)25(32)28-24)15-19-6-3-11-26-14-19/h3,6,11,14,18,20H,1-2,4-5,7-10,12-13,15-17H2,(H,27,28,32)/t20-/m1/s1. The molecule has 2 aliphatic heterocycles. The summed E-state index contributed by atoms with van der Waals surface area (Å²) in [7, 11) is 0. The molecule has 3 aliphatic rings. The fourth-order valence-corrected chi connectivity index (χ4v) is 5.59. The number of hydrogen-bond donors (Lipinski definition) is 1. The number of amides is 1. The topological polar surface area (TPSA) is 82.2 Å². The second-order valence-corrected chi connectivity index (χ2v) is 9.71. The summed E-state index contributed by atoms with van der Waals surface area (Å²) in [4.78, 5) is 41.9. The van der Waals surface area contributed by atoms with Gasteiger partial charge in [-0.05, 0) is 36.8 Å². The van der Waals surface area contributed by atoms with Gasteiger partial charge in [-0.2, -0.15) is 0 Å². The molecule has 7 heteroatoms. The number of nitrogens with zero attached hydrogens (tertiary/aromatic N) is 4. The summed E-state index contributed by atoms with van der Waals surface area (Å²) in [5.41, 5.74) is 2.88. The quantitative estimate of drug-likeness (QED) is 0.754. The van der Waals surface area contributed by atoms with E-state index in [1.165, 1.54) is 31.2 Å². The molecule has 1 saturated heterocycles. The first-order chi connectivity index (χ1) is 15.7. The number of nitrogens with one attached hydrogen (secondary N) is 1. The van der Waals surface area contributed by atoms with Crippen LogP contribution in [0.1, 0.15) is 73.5 Å². The van der Waals surface area contributed by atoms with Crippen molar-refractivity contribution in [1.29, 1.82) is 0 Å². The molecule has 1 saturated carbocycles. The van der Waals surface area contributed by atoms with Gasteiger partial charge in [-0.1, -0.05) is 31.7 Å². The third-order valence-electron chi connectivity index (χ3n) is 7.47. The summed E-state index contributed by atoms with van der Waals surface area (Å²) in [6.07, 6.45) is 12.2. The summed E-state index contributed by atoms with van der Waals surface area (Å²) in [6.45, 7) is 3.77. The van der Waals surface area contributed by atoms with Gasteiger partial charge < -0.3 is 9.88 Å². The minimum atomic E-state index is -0.00274. The number of carbonyl (C=O) groups excluding carboxylic acids is 1. The lowest BCUT2D eigenvalue weighted by Gasteiger charge is -2.28. The third kappa shape index (κ3) is 4.77. The Morgan fingerprint density at radius 3 is 2.88 bits per heavy atom. The molecule has 2 aromatic heterocycles. The lowest BCUT2D eigenvalue weighted by molar-refractivity contribution is -0.130. The van der Waals surface area contributed by atoms with Gasteiger partial charge in [-0.3, -0.25) is 19.5 Å². The molecule has 1 N–H and O–H groups in total. The monoisotopic (exact) mass is 435 g/mol. The van der Waals surface area contributed by atoms with E-state index in [-0.39, 0.29) is 17.4 Å². The molecule has 32 heavy (non-hydrogen) atoms. The number of fused-ring (bicyclic) bond motifs is 1. The second kappa shape index (κ2) is 9.53. The lowest BCUT2D eigenvalue weighted by Crippen LogP contribution is -2.36. The smallest absolute Gasteiger partial charge is 0.254 e. The van der Waals surface area contributed by atoms with E-state index >= 15 is 0 Å². The normalized spacial score (nSPS) is 21.8. The van der Waals surface area contributed by atoms with Crippen molar-refractivity contribution < 1.29 is 4.79 Å². The Hall–Kier alpha value is -2.54. The van der Waals surface area contributed by atoms with Crippen LogP contribution in [0.3, 0.4) is 0 Å². The second-order valence-electron chi connectivity index (χ2n) is 9.71. The van der Waals surface area contributed by atoms with Crippen LogP contribution >= 0.6 is 0 Å². The number of H-pyrrole nitrogens is 1. The predicted molar refractivity (Wildman–Crippen MR) is 122 cm³/mol. The maximum atomic E-state index is 12.8. The van der Waals surface area contributed by atoms with Crippen LogP contribution in [0.4, 0.5) is 0 Å². The highest BCUT2D eigenvalue weighted by molar-refractivity contribution is 5.76. The van der Waals surface area contributed by atoms with E-state index in [1.807, 2.05) is 17.2 Å². The molecule has 170 valence electrons. The van der Waals surface area contributed by atoms with Crippen molar-refractivity contribution in [3.8, 4) is 0 Å². The van der Waals surface area contributed by atoms with Gasteiger partial charge in [0, 0.05) is 63.0 Å². The Morgan fingerprint density at radius 2 is 2.06 bits per heavy atom. The number of hydrogen-bond acceptors (Lipinski definition) is 5. The highest BCUT2D eigenvalue weighted by atomic mass is 16.2. The minimum absolute atomic E-state index is 0.00274. The predicted octanol–water partition coefficient (Wildman–Crippen LogP) is 3.01. The van der Waals surface area contributed by atoms with Crippen molar-refractivity contribution in [1.82, 2.24) is 24.8 Å². The van der Waals surface area contributed by atoms with E-state index < -0.39 is 0 Å². The molecule has 1 atom stereocenters. The van der Waals surface area contributed by atoms with E-state index in [1.54, 1.807) is 6.20 Å². The van der Waals surface area contributed by atoms with Crippen molar-refractivity contribution >= 4 is 5.91 Å². The zero-order chi connectivity index (χ0) is 21.9. The van der Waals surface area contributed by atoms with Gasteiger partial charge in [0.25, 0.3) is 5.56 Å². The summed E-state index contributed by atoms with van der Waals surface area (Å²) in [5, 5.41) is 0. The molecule has 1 aliphatic carbocycles. The van der Waals surface area contributed by atoms with Crippen molar-refractivity contribution in [2.24, 2.45) is 5.92 Å². The van der Waals surface area contributed by atoms with Crippen LogP contribution in [0.5, 0.6) is 0 Å². The van der Waals surface area contributed by atoms with Gasteiger partial charge in [0.1, 0.15) is 5.82 Å². The summed E-state index contributed by atoms with van der Waals surface area (Å²) in [6, 6.07) is 4.03. The number of rotatable bonds is 6. The van der Waals surface area contributed by atoms with Crippen LogP contribution in [-0.4, -0.2) is 50.3 Å². The molecular formula is C25H33N5O2. The molecule has 2 fully saturated rings. The van der Waals surface area contributed by atoms with Gasteiger partial charge in [0.2, 0.25) is 5.91 Å². The van der Waals surface area contributed by atoms with E-state index in [0.29, 0.717) is 25.9 Å². The van der Waals surface area contributed by atoms with Crippen LogP contribution < -0.4 is 5.56 Å². The molecule has 2 aromatic rings. The Labute approximate surface area is 189 Å². The van der Waals surface area contributed by atoms with Gasteiger partial charge >= 0.3 is 0 Å². The van der Waals surface area contributed by atoms with Crippen LogP contribution in [0.25, 0.3) is 0 Å². The SMILES string of the molecule is O=C(CCC1CCCC1)N1CC[C@@H](c2nc3c(c(=O)[nH]2)CCN(Cc2cccnc2)C3)C1. The summed E-state index contributed by atoms with van der Waals surface area (Å²) >= 11 is 0. The average molecular weight is 436 g/mol. The van der Waals surface area contributed by atoms with Crippen LogP contribution in [0.2, 0.25) is 0 Å². The van der Waals surface area contributed by atoms with Crippen molar-refractivity contribution in [3.05, 3.63) is 57.5 Å². The largest absolute Gasteiger partial charge is 0.342 e. The van der Waals surface area contributed by atoms with Crippen LogP contribution in [-0.2, 0) is 24.3 Å². The van der Waals surface area contributed by atoms with Gasteiger partial charge in [0.15, 0.2) is 0 Å². The lowest BCUT2D eigenvalue weighted by atomic mass is 10.0. The Balaban J connectivity index is 1.22. The molecule has 5 rings (SSSR count). The highest BCUT2D eigenvalue weighted by Gasteiger charge is 2.31. The molecule has 0 aromatic carbocycles. The van der Waals surface area contributed by atoms with Crippen LogP contribution in [0.15, 0.2) is 29.3 Å². The maximum absolute atomic E-state index is 12.8.